The van der Waals surface area contributed by atoms with Crippen molar-refractivity contribution in [2.75, 3.05) is 7.11 Å². The molecule has 2 aromatic carbocycles. The number of ketones is 1. The van der Waals surface area contributed by atoms with Crippen LogP contribution in [0.3, 0.4) is 0 Å². The molecule has 6 nitrogen and oxygen atoms in total. The van der Waals surface area contributed by atoms with Crippen molar-refractivity contribution in [3.63, 3.8) is 0 Å². The number of carbonyl (C=O) groups excluding carboxylic acids is 1. The van der Waals surface area contributed by atoms with Crippen molar-refractivity contribution in [3.05, 3.63) is 76.7 Å². The van der Waals surface area contributed by atoms with Gasteiger partial charge in [0.2, 0.25) is 0 Å². The molecule has 3 aromatic rings. The highest BCUT2D eigenvalue weighted by Gasteiger charge is 2.28. The molecule has 0 fully saturated rings. The summed E-state index contributed by atoms with van der Waals surface area (Å²) in [5.41, 5.74) is 4.96. The SMILES string of the molecule is COc1ccccc1-c1c(N=CC2=C(O)CC(c3ccc(C)cc3)CC2=O)n[nH]c1C. The van der Waals surface area contributed by atoms with Gasteiger partial charge in [0, 0.05) is 30.3 Å². The number of aryl methyl sites for hydroxylation is 2. The van der Waals surface area contributed by atoms with Crippen LogP contribution >= 0.6 is 0 Å². The molecule has 0 saturated heterocycles. The molecule has 1 heterocycles. The number of nitrogens with one attached hydrogen (secondary N) is 1. The van der Waals surface area contributed by atoms with Crippen molar-refractivity contribution >= 4 is 17.8 Å². The van der Waals surface area contributed by atoms with E-state index >= 15 is 0 Å². The molecule has 0 spiro atoms. The minimum Gasteiger partial charge on any atom is -0.511 e. The fourth-order valence-electron chi connectivity index (χ4n) is 3.94. The number of aliphatic hydroxyl groups excluding tert-OH is 1. The fourth-order valence-corrected chi connectivity index (χ4v) is 3.94. The standard InChI is InChI=1S/C25H25N3O3/c1-15-8-10-17(11-9-15)18-12-21(29)20(22(30)13-18)14-26-25-24(16(2)27-28-25)19-6-4-5-7-23(19)31-3/h4-11,14,18,29H,12-13H2,1-3H3,(H,27,28). The van der Waals surface area contributed by atoms with E-state index in [0.29, 0.717) is 24.4 Å². The largest absolute Gasteiger partial charge is 0.511 e. The summed E-state index contributed by atoms with van der Waals surface area (Å²) in [7, 11) is 1.62. The van der Waals surface area contributed by atoms with Gasteiger partial charge in [0.15, 0.2) is 11.6 Å². The Bertz CT molecular complexity index is 1170. The number of nitrogens with zero attached hydrogens (tertiary/aromatic N) is 2. The Morgan fingerprint density at radius 3 is 2.58 bits per heavy atom. The van der Waals surface area contributed by atoms with E-state index in [1.54, 1.807) is 7.11 Å². The second-order valence-corrected chi connectivity index (χ2v) is 7.81. The molecule has 6 heteroatoms. The van der Waals surface area contributed by atoms with Crippen LogP contribution in [-0.4, -0.2) is 34.4 Å². The molecule has 0 aliphatic heterocycles. The normalized spacial score (nSPS) is 16.9. The van der Waals surface area contributed by atoms with E-state index < -0.39 is 0 Å². The van der Waals surface area contributed by atoms with E-state index in [4.69, 9.17) is 4.74 Å². The Balaban J connectivity index is 1.63. The summed E-state index contributed by atoms with van der Waals surface area (Å²) in [4.78, 5) is 17.2. The van der Waals surface area contributed by atoms with Gasteiger partial charge < -0.3 is 9.84 Å². The van der Waals surface area contributed by atoms with Crippen LogP contribution in [0, 0.1) is 13.8 Å². The maximum atomic E-state index is 12.8. The second kappa shape index (κ2) is 8.60. The molecule has 31 heavy (non-hydrogen) atoms. The zero-order valence-corrected chi connectivity index (χ0v) is 17.8. The van der Waals surface area contributed by atoms with Crippen LogP contribution < -0.4 is 4.74 Å². The predicted molar refractivity (Wildman–Crippen MR) is 121 cm³/mol. The maximum Gasteiger partial charge on any atom is 0.181 e. The highest BCUT2D eigenvalue weighted by Crippen LogP contribution is 2.38. The molecule has 1 unspecified atom stereocenters. The molecule has 1 aliphatic rings. The van der Waals surface area contributed by atoms with E-state index in [2.05, 4.69) is 15.2 Å². The number of benzene rings is 2. The first-order chi connectivity index (χ1) is 15.0. The first kappa shape index (κ1) is 20.6. The number of H-pyrrole nitrogens is 1. The van der Waals surface area contributed by atoms with Crippen LogP contribution in [0.2, 0.25) is 0 Å². The molecule has 1 atom stereocenters. The first-order valence-corrected chi connectivity index (χ1v) is 10.2. The van der Waals surface area contributed by atoms with Crippen LogP contribution in [0.15, 0.2) is 64.9 Å². The highest BCUT2D eigenvalue weighted by atomic mass is 16.5. The van der Waals surface area contributed by atoms with Crippen molar-refractivity contribution in [1.29, 1.82) is 0 Å². The van der Waals surface area contributed by atoms with Crippen molar-refractivity contribution in [2.45, 2.75) is 32.6 Å². The minimum absolute atomic E-state index is 0.0259. The van der Waals surface area contributed by atoms with Crippen LogP contribution in [0.5, 0.6) is 5.75 Å². The number of hydrogen-bond donors (Lipinski definition) is 2. The lowest BCUT2D eigenvalue weighted by molar-refractivity contribution is -0.116. The molecule has 1 aromatic heterocycles. The van der Waals surface area contributed by atoms with Gasteiger partial charge in [-0.05, 0) is 31.4 Å². The van der Waals surface area contributed by atoms with Crippen LogP contribution in [0.25, 0.3) is 11.1 Å². The van der Waals surface area contributed by atoms with Crippen LogP contribution in [-0.2, 0) is 4.79 Å². The lowest BCUT2D eigenvalue weighted by Gasteiger charge is -2.22. The average molecular weight is 415 g/mol. The molecule has 2 N–H and O–H groups in total. The van der Waals surface area contributed by atoms with Gasteiger partial charge in [-0.15, -0.1) is 0 Å². The summed E-state index contributed by atoms with van der Waals surface area (Å²) in [5.74, 6) is 1.07. The Hall–Kier alpha value is -3.67. The third-order valence-electron chi connectivity index (χ3n) is 5.65. The summed E-state index contributed by atoms with van der Waals surface area (Å²) in [5, 5.41) is 17.8. The Labute approximate surface area is 181 Å². The van der Waals surface area contributed by atoms with E-state index in [1.807, 2.05) is 62.4 Å². The van der Waals surface area contributed by atoms with Crippen molar-refractivity contribution < 1.29 is 14.6 Å². The lowest BCUT2D eigenvalue weighted by Crippen LogP contribution is -2.19. The zero-order valence-electron chi connectivity index (χ0n) is 17.8. The van der Waals surface area contributed by atoms with E-state index in [-0.39, 0.29) is 23.0 Å². The number of rotatable bonds is 5. The third kappa shape index (κ3) is 4.14. The number of allylic oxidation sites excluding steroid dienone is 2. The summed E-state index contributed by atoms with van der Waals surface area (Å²) in [6.07, 6.45) is 2.18. The van der Waals surface area contributed by atoms with Crippen LogP contribution in [0.1, 0.15) is 35.6 Å². The monoisotopic (exact) mass is 415 g/mol. The molecule has 158 valence electrons. The smallest absolute Gasteiger partial charge is 0.181 e. The number of hydrogen-bond acceptors (Lipinski definition) is 5. The number of methoxy groups -OCH3 is 1. The zero-order chi connectivity index (χ0) is 22.0. The van der Waals surface area contributed by atoms with Crippen molar-refractivity contribution in [1.82, 2.24) is 10.2 Å². The van der Waals surface area contributed by atoms with Gasteiger partial charge in [-0.3, -0.25) is 9.89 Å². The molecule has 0 radical (unpaired) electrons. The maximum absolute atomic E-state index is 12.8. The molecule has 4 rings (SSSR count). The fraction of sp³-hybridized carbons (Fsp3) is 0.240. The number of ether oxygens (including phenoxy) is 1. The first-order valence-electron chi connectivity index (χ1n) is 10.2. The summed E-state index contributed by atoms with van der Waals surface area (Å²) >= 11 is 0. The quantitative estimate of drug-likeness (QED) is 0.549. The molecule has 0 saturated carbocycles. The number of carbonyl (C=O) groups is 1. The van der Waals surface area contributed by atoms with Gasteiger partial charge in [-0.2, -0.15) is 5.10 Å². The molecular formula is C25H25N3O3. The molecule has 1 aliphatic carbocycles. The minimum atomic E-state index is -0.121. The summed E-state index contributed by atoms with van der Waals surface area (Å²) < 4.78 is 5.47. The van der Waals surface area contributed by atoms with Gasteiger partial charge in [0.1, 0.15) is 11.5 Å². The number of aromatic amines is 1. The lowest BCUT2D eigenvalue weighted by atomic mass is 9.83. The van der Waals surface area contributed by atoms with E-state index in [1.165, 1.54) is 11.8 Å². The van der Waals surface area contributed by atoms with Crippen molar-refractivity contribution in [2.24, 2.45) is 4.99 Å². The molecule has 0 amide bonds. The second-order valence-electron chi connectivity index (χ2n) is 7.81. The van der Waals surface area contributed by atoms with Gasteiger partial charge >= 0.3 is 0 Å². The number of Topliss-reactive ketones (excluding diaryl/α,β-unsaturated/α-hetero) is 1. The number of aromatic nitrogens is 2. The topological polar surface area (TPSA) is 87.6 Å². The van der Waals surface area contributed by atoms with E-state index in [9.17, 15) is 9.90 Å². The number of aliphatic hydroxyl groups is 1. The average Bonchev–Trinajstić information content (AvgIpc) is 3.13. The molecular weight excluding hydrogens is 390 g/mol. The van der Waals surface area contributed by atoms with Crippen molar-refractivity contribution in [3.8, 4) is 16.9 Å². The van der Waals surface area contributed by atoms with E-state index in [0.717, 1.165) is 22.4 Å². The highest BCUT2D eigenvalue weighted by molar-refractivity contribution is 6.15. The Morgan fingerprint density at radius 2 is 1.87 bits per heavy atom. The summed E-state index contributed by atoms with van der Waals surface area (Å²) in [6, 6.07) is 15.7. The number of para-hydroxylation sites is 1. The van der Waals surface area contributed by atoms with Gasteiger partial charge in [-0.1, -0.05) is 48.0 Å². The Morgan fingerprint density at radius 1 is 1.13 bits per heavy atom. The third-order valence-corrected chi connectivity index (χ3v) is 5.65. The van der Waals surface area contributed by atoms with Gasteiger partial charge in [-0.25, -0.2) is 4.99 Å². The predicted octanol–water partition coefficient (Wildman–Crippen LogP) is 5.36. The van der Waals surface area contributed by atoms with Gasteiger partial charge in [0.05, 0.1) is 18.2 Å². The van der Waals surface area contributed by atoms with Gasteiger partial charge in [0.25, 0.3) is 0 Å². The van der Waals surface area contributed by atoms with Crippen LogP contribution in [0.4, 0.5) is 5.82 Å². The number of aliphatic imine (C=N–C) groups is 1. The molecule has 0 bridgehead atoms. The Kier molecular flexibility index (Phi) is 5.71. The summed E-state index contributed by atoms with van der Waals surface area (Å²) in [6.45, 7) is 3.93.